The molecule has 0 saturated heterocycles. The Morgan fingerprint density at radius 1 is 0.414 bits per heavy atom. The Labute approximate surface area is 337 Å². The Hall–Kier alpha value is -7.47. The third-order valence-electron chi connectivity index (χ3n) is 11.3. The monoisotopic (exact) mass is 760 g/mol. The van der Waals surface area contributed by atoms with E-state index in [9.17, 15) is 0 Å². The molecule has 12 rings (SSSR count). The van der Waals surface area contributed by atoms with Crippen molar-refractivity contribution in [3.8, 4) is 33.7 Å². The van der Waals surface area contributed by atoms with Crippen LogP contribution < -0.4 is 4.90 Å². The highest BCUT2D eigenvalue weighted by molar-refractivity contribution is 7.25. The topological polar surface area (TPSA) is 42.4 Å². The van der Waals surface area contributed by atoms with E-state index in [2.05, 4.69) is 157 Å². The highest BCUT2D eigenvalue weighted by atomic mass is 32.1. The Bertz CT molecular complexity index is 3500. The predicted octanol–water partition coefficient (Wildman–Crippen LogP) is 15.7. The van der Waals surface area contributed by atoms with E-state index in [-0.39, 0.29) is 0 Å². The first-order chi connectivity index (χ1) is 28.7. The van der Waals surface area contributed by atoms with E-state index in [1.165, 1.54) is 42.1 Å². The molecule has 0 saturated carbocycles. The molecule has 0 fully saturated rings. The number of thiophene rings is 1. The smallest absolute Gasteiger partial charge is 0.227 e. The molecule has 0 aliphatic carbocycles. The number of rotatable bonds is 6. The SMILES string of the molecule is c1ccc(-c2nc3ccc4oc5c(-c6ccc(N(c7ccc(-c8cccc9ccccc89)cc7)c7ccc8sc9ccccc9c8c7)cc6)cccc5c4c3o2)cc1. The molecule has 4 nitrogen and oxygen atoms in total. The highest BCUT2D eigenvalue weighted by Gasteiger charge is 2.20. The van der Waals surface area contributed by atoms with Crippen LogP contribution in [0.3, 0.4) is 0 Å². The summed E-state index contributed by atoms with van der Waals surface area (Å²) in [6.45, 7) is 0. The van der Waals surface area contributed by atoms with Gasteiger partial charge in [-0.3, -0.25) is 0 Å². The zero-order valence-electron chi connectivity index (χ0n) is 31.1. The van der Waals surface area contributed by atoms with Crippen molar-refractivity contribution in [3.63, 3.8) is 0 Å². The lowest BCUT2D eigenvalue weighted by molar-refractivity contribution is 0.622. The fourth-order valence-corrected chi connectivity index (χ4v) is 9.64. The molecule has 9 aromatic carbocycles. The molecule has 58 heavy (non-hydrogen) atoms. The van der Waals surface area contributed by atoms with Crippen molar-refractivity contribution in [3.05, 3.63) is 194 Å². The second-order valence-electron chi connectivity index (χ2n) is 14.7. The second-order valence-corrected chi connectivity index (χ2v) is 15.8. The summed E-state index contributed by atoms with van der Waals surface area (Å²) >= 11 is 1.84. The van der Waals surface area contributed by atoms with Crippen LogP contribution in [-0.2, 0) is 0 Å². The van der Waals surface area contributed by atoms with Crippen LogP contribution in [0, 0.1) is 0 Å². The molecule has 3 aromatic heterocycles. The minimum Gasteiger partial charge on any atom is -0.455 e. The largest absolute Gasteiger partial charge is 0.455 e. The number of benzene rings is 9. The summed E-state index contributed by atoms with van der Waals surface area (Å²) in [6.07, 6.45) is 0. The Kier molecular flexibility index (Phi) is 7.37. The molecule has 12 aromatic rings. The number of anilines is 3. The molecule has 0 amide bonds. The summed E-state index contributed by atoms with van der Waals surface area (Å²) in [7, 11) is 0. The van der Waals surface area contributed by atoms with Crippen LogP contribution in [0.25, 0.3) is 97.7 Å². The van der Waals surface area contributed by atoms with Gasteiger partial charge < -0.3 is 13.7 Å². The maximum absolute atomic E-state index is 6.62. The molecule has 0 spiro atoms. The van der Waals surface area contributed by atoms with Gasteiger partial charge in [-0.15, -0.1) is 11.3 Å². The molecule has 272 valence electrons. The standard InChI is InChI=1S/C53H32N2O2S/c1-2-11-36(12-3-1)53-54-46-29-30-47-50(52(46)57-53)44-18-9-17-42(51(44)56-47)35-22-26-38(27-23-35)55(39-28-31-49-45(32-39)43-15-6-7-19-48(43)58-49)37-24-20-34(21-25-37)41-16-8-13-33-10-4-5-14-40(33)41/h1-32H. The van der Waals surface area contributed by atoms with E-state index in [1.54, 1.807) is 0 Å². The summed E-state index contributed by atoms with van der Waals surface area (Å²) < 4.78 is 15.6. The predicted molar refractivity (Wildman–Crippen MR) is 243 cm³/mol. The van der Waals surface area contributed by atoms with Gasteiger partial charge in [0.15, 0.2) is 5.58 Å². The molecule has 0 unspecified atom stereocenters. The Morgan fingerprint density at radius 2 is 1.05 bits per heavy atom. The Morgan fingerprint density at radius 3 is 1.88 bits per heavy atom. The van der Waals surface area contributed by atoms with Crippen molar-refractivity contribution in [2.45, 2.75) is 0 Å². The van der Waals surface area contributed by atoms with Crippen molar-refractivity contribution in [2.24, 2.45) is 0 Å². The fourth-order valence-electron chi connectivity index (χ4n) is 8.56. The number of nitrogens with zero attached hydrogens (tertiary/aromatic N) is 2. The maximum atomic E-state index is 6.62. The lowest BCUT2D eigenvalue weighted by Crippen LogP contribution is -2.09. The van der Waals surface area contributed by atoms with E-state index in [1.807, 2.05) is 53.8 Å². The number of oxazole rings is 1. The summed E-state index contributed by atoms with van der Waals surface area (Å²) in [5.41, 5.74) is 11.8. The van der Waals surface area contributed by atoms with E-state index in [0.717, 1.165) is 66.8 Å². The van der Waals surface area contributed by atoms with E-state index >= 15 is 0 Å². The van der Waals surface area contributed by atoms with Crippen LogP contribution in [0.15, 0.2) is 203 Å². The third kappa shape index (κ3) is 5.25. The average molecular weight is 761 g/mol. The lowest BCUT2D eigenvalue weighted by Gasteiger charge is -2.26. The van der Waals surface area contributed by atoms with E-state index in [4.69, 9.17) is 13.8 Å². The number of hydrogen-bond acceptors (Lipinski definition) is 5. The molecule has 0 aliphatic heterocycles. The van der Waals surface area contributed by atoms with Crippen LogP contribution in [0.1, 0.15) is 0 Å². The second kappa shape index (κ2) is 13.1. The number of aromatic nitrogens is 1. The van der Waals surface area contributed by atoms with Crippen LogP contribution in [0.2, 0.25) is 0 Å². The molecule has 0 N–H and O–H groups in total. The number of fused-ring (bicyclic) bond motifs is 9. The van der Waals surface area contributed by atoms with Crippen LogP contribution in [0.4, 0.5) is 17.1 Å². The number of furan rings is 1. The van der Waals surface area contributed by atoms with Crippen molar-refractivity contribution in [2.75, 3.05) is 4.90 Å². The van der Waals surface area contributed by atoms with Gasteiger partial charge in [0.1, 0.15) is 16.7 Å². The van der Waals surface area contributed by atoms with Gasteiger partial charge in [-0.05, 0) is 100 Å². The van der Waals surface area contributed by atoms with Gasteiger partial charge in [0, 0.05) is 53.7 Å². The van der Waals surface area contributed by atoms with E-state index in [0.29, 0.717) is 5.89 Å². The summed E-state index contributed by atoms with van der Waals surface area (Å²) in [5, 5.41) is 6.98. The van der Waals surface area contributed by atoms with Crippen LogP contribution in [0.5, 0.6) is 0 Å². The molecular formula is C53H32N2O2S. The molecule has 0 aliphatic rings. The van der Waals surface area contributed by atoms with Crippen LogP contribution in [-0.4, -0.2) is 4.98 Å². The van der Waals surface area contributed by atoms with Crippen molar-refractivity contribution in [1.82, 2.24) is 4.98 Å². The van der Waals surface area contributed by atoms with Gasteiger partial charge in [0.2, 0.25) is 5.89 Å². The summed E-state index contributed by atoms with van der Waals surface area (Å²) in [5.74, 6) is 0.600. The number of para-hydroxylation sites is 1. The minimum atomic E-state index is 0.600. The zero-order chi connectivity index (χ0) is 38.2. The molecule has 0 bridgehead atoms. The molecule has 5 heteroatoms. The normalized spacial score (nSPS) is 11.8. The Balaban J connectivity index is 0.969. The molecule has 3 heterocycles. The molecular weight excluding hydrogens is 729 g/mol. The highest BCUT2D eigenvalue weighted by Crippen LogP contribution is 2.44. The third-order valence-corrected chi connectivity index (χ3v) is 12.5. The zero-order valence-corrected chi connectivity index (χ0v) is 31.9. The molecule has 0 radical (unpaired) electrons. The summed E-state index contributed by atoms with van der Waals surface area (Å²) in [4.78, 5) is 7.18. The average Bonchev–Trinajstić information content (AvgIpc) is 4.01. The molecule has 0 atom stereocenters. The first-order valence-electron chi connectivity index (χ1n) is 19.4. The van der Waals surface area contributed by atoms with Gasteiger partial charge in [0.05, 0.1) is 5.39 Å². The van der Waals surface area contributed by atoms with Gasteiger partial charge >= 0.3 is 0 Å². The van der Waals surface area contributed by atoms with Gasteiger partial charge in [-0.2, -0.15) is 0 Å². The maximum Gasteiger partial charge on any atom is 0.227 e. The van der Waals surface area contributed by atoms with Gasteiger partial charge in [0.25, 0.3) is 0 Å². The lowest BCUT2D eigenvalue weighted by atomic mass is 9.98. The fraction of sp³-hybridized carbons (Fsp3) is 0. The quantitative estimate of drug-likeness (QED) is 0.169. The van der Waals surface area contributed by atoms with Gasteiger partial charge in [-0.1, -0.05) is 121 Å². The van der Waals surface area contributed by atoms with Crippen molar-refractivity contribution < 1.29 is 8.83 Å². The first-order valence-corrected chi connectivity index (χ1v) is 20.3. The van der Waals surface area contributed by atoms with E-state index < -0.39 is 0 Å². The minimum absolute atomic E-state index is 0.600. The number of hydrogen-bond donors (Lipinski definition) is 0. The van der Waals surface area contributed by atoms with Crippen molar-refractivity contribution >= 4 is 92.4 Å². The first kappa shape index (κ1) is 32.7. The summed E-state index contributed by atoms with van der Waals surface area (Å²) in [6, 6.07) is 68.8. The van der Waals surface area contributed by atoms with Gasteiger partial charge in [-0.25, -0.2) is 4.98 Å². The van der Waals surface area contributed by atoms with Crippen LogP contribution >= 0.6 is 11.3 Å². The van der Waals surface area contributed by atoms with Crippen molar-refractivity contribution in [1.29, 1.82) is 0 Å².